The number of hydrogen-bond acceptors (Lipinski definition) is 2. The maximum atomic E-state index is 3.44. The quantitative estimate of drug-likeness (QED) is 0.853. The molecule has 0 aliphatic carbocycles. The third-order valence-corrected chi connectivity index (χ3v) is 4.30. The molecule has 0 amide bonds. The molecule has 2 heteroatoms. The van der Waals surface area contributed by atoms with Crippen molar-refractivity contribution in [1.29, 1.82) is 0 Å². The first-order valence-electron chi connectivity index (χ1n) is 6.83. The summed E-state index contributed by atoms with van der Waals surface area (Å²) in [4.78, 5) is 2.66. The highest BCUT2D eigenvalue weighted by Gasteiger charge is 2.40. The zero-order chi connectivity index (χ0) is 11.6. The lowest BCUT2D eigenvalue weighted by molar-refractivity contribution is 0.0423. The molecule has 0 bridgehead atoms. The Morgan fingerprint density at radius 3 is 2.71 bits per heavy atom. The van der Waals surface area contributed by atoms with Crippen LogP contribution in [0.2, 0.25) is 0 Å². The van der Waals surface area contributed by atoms with Gasteiger partial charge in [-0.2, -0.15) is 0 Å². The summed E-state index contributed by atoms with van der Waals surface area (Å²) in [6, 6.07) is 10.9. The van der Waals surface area contributed by atoms with E-state index in [2.05, 4.69) is 40.5 Å². The van der Waals surface area contributed by atoms with Gasteiger partial charge in [-0.25, -0.2) is 0 Å². The van der Waals surface area contributed by atoms with Gasteiger partial charge in [0.05, 0.1) is 0 Å². The summed E-state index contributed by atoms with van der Waals surface area (Å²) < 4.78 is 0. The van der Waals surface area contributed by atoms with Crippen LogP contribution in [0.4, 0.5) is 0 Å². The van der Waals surface area contributed by atoms with Crippen molar-refractivity contribution in [3.05, 3.63) is 35.9 Å². The molecule has 2 fully saturated rings. The third kappa shape index (κ3) is 2.53. The summed E-state index contributed by atoms with van der Waals surface area (Å²) in [5, 5.41) is 3.44. The summed E-state index contributed by atoms with van der Waals surface area (Å²) in [5.41, 5.74) is 2.11. The van der Waals surface area contributed by atoms with Crippen molar-refractivity contribution >= 4 is 0 Å². The lowest BCUT2D eigenvalue weighted by Crippen LogP contribution is -2.61. The summed E-state index contributed by atoms with van der Waals surface area (Å²) in [6.45, 7) is 6.33. The topological polar surface area (TPSA) is 15.3 Å². The largest absolute Gasteiger partial charge is 0.315 e. The summed E-state index contributed by atoms with van der Waals surface area (Å²) in [6.07, 6.45) is 4.02. The number of nitrogens with zero attached hydrogens (tertiary/aromatic N) is 1. The van der Waals surface area contributed by atoms with Gasteiger partial charge in [0.15, 0.2) is 0 Å². The van der Waals surface area contributed by atoms with Gasteiger partial charge in [-0.05, 0) is 31.4 Å². The Kier molecular flexibility index (Phi) is 3.17. The fraction of sp³-hybridized carbons (Fsp3) is 0.600. The van der Waals surface area contributed by atoms with Gasteiger partial charge in [-0.1, -0.05) is 30.3 Å². The molecule has 0 unspecified atom stereocenters. The maximum Gasteiger partial charge on any atom is 0.00802 e. The van der Waals surface area contributed by atoms with Crippen LogP contribution in [0, 0.1) is 5.41 Å². The van der Waals surface area contributed by atoms with E-state index < -0.39 is 0 Å². The van der Waals surface area contributed by atoms with Gasteiger partial charge in [0.2, 0.25) is 0 Å². The molecule has 2 aliphatic heterocycles. The minimum absolute atomic E-state index is 0.634. The Labute approximate surface area is 104 Å². The van der Waals surface area contributed by atoms with Crippen LogP contribution < -0.4 is 5.32 Å². The van der Waals surface area contributed by atoms with Crippen LogP contribution in [0.15, 0.2) is 30.3 Å². The maximum absolute atomic E-state index is 3.44. The van der Waals surface area contributed by atoms with E-state index in [1.165, 1.54) is 57.5 Å². The molecule has 0 radical (unpaired) electrons. The Hall–Kier alpha value is -0.860. The van der Waals surface area contributed by atoms with Crippen LogP contribution in [-0.4, -0.2) is 37.6 Å². The van der Waals surface area contributed by atoms with Crippen molar-refractivity contribution in [1.82, 2.24) is 10.2 Å². The van der Waals surface area contributed by atoms with E-state index in [1.54, 1.807) is 0 Å². The first-order valence-corrected chi connectivity index (χ1v) is 6.83. The molecule has 1 aromatic rings. The van der Waals surface area contributed by atoms with Crippen LogP contribution >= 0.6 is 0 Å². The van der Waals surface area contributed by atoms with E-state index >= 15 is 0 Å². The number of nitrogens with one attached hydrogen (secondary N) is 1. The second-order valence-electron chi connectivity index (χ2n) is 5.72. The van der Waals surface area contributed by atoms with Gasteiger partial charge in [0.25, 0.3) is 0 Å². The molecule has 0 aromatic heterocycles. The van der Waals surface area contributed by atoms with Crippen LogP contribution in [0.3, 0.4) is 0 Å². The monoisotopic (exact) mass is 230 g/mol. The van der Waals surface area contributed by atoms with E-state index in [4.69, 9.17) is 0 Å². The van der Waals surface area contributed by atoms with Crippen molar-refractivity contribution < 1.29 is 0 Å². The zero-order valence-corrected chi connectivity index (χ0v) is 10.5. The first-order chi connectivity index (χ1) is 8.36. The highest BCUT2D eigenvalue weighted by Crippen LogP contribution is 2.33. The molecule has 2 heterocycles. The Bertz CT molecular complexity index is 356. The number of benzene rings is 1. The van der Waals surface area contributed by atoms with E-state index in [-0.39, 0.29) is 0 Å². The molecule has 1 N–H and O–H groups in total. The van der Waals surface area contributed by atoms with Crippen molar-refractivity contribution in [2.24, 2.45) is 5.41 Å². The fourth-order valence-electron chi connectivity index (χ4n) is 3.20. The number of hydrogen-bond donors (Lipinski definition) is 1. The summed E-state index contributed by atoms with van der Waals surface area (Å²) in [7, 11) is 0. The van der Waals surface area contributed by atoms with Crippen molar-refractivity contribution in [3.8, 4) is 0 Å². The average Bonchev–Trinajstić information content (AvgIpc) is 2.36. The van der Waals surface area contributed by atoms with Gasteiger partial charge in [0.1, 0.15) is 0 Å². The predicted molar refractivity (Wildman–Crippen MR) is 71.1 cm³/mol. The van der Waals surface area contributed by atoms with Gasteiger partial charge >= 0.3 is 0 Å². The number of rotatable bonds is 3. The summed E-state index contributed by atoms with van der Waals surface area (Å²) >= 11 is 0. The molecule has 2 saturated heterocycles. The lowest BCUT2D eigenvalue weighted by Gasteiger charge is -2.49. The number of piperidine rings is 1. The van der Waals surface area contributed by atoms with Crippen LogP contribution in [-0.2, 0) is 6.42 Å². The Balaban J connectivity index is 1.52. The highest BCUT2D eigenvalue weighted by molar-refractivity contribution is 5.15. The van der Waals surface area contributed by atoms with Crippen LogP contribution in [0.25, 0.3) is 0 Å². The van der Waals surface area contributed by atoms with Crippen molar-refractivity contribution in [2.45, 2.75) is 19.3 Å². The molecular weight excluding hydrogens is 208 g/mol. The minimum atomic E-state index is 0.634. The highest BCUT2D eigenvalue weighted by atomic mass is 15.2. The zero-order valence-electron chi connectivity index (χ0n) is 10.5. The van der Waals surface area contributed by atoms with Crippen LogP contribution in [0.1, 0.15) is 18.4 Å². The fourth-order valence-corrected chi connectivity index (χ4v) is 3.20. The van der Waals surface area contributed by atoms with Crippen molar-refractivity contribution in [2.75, 3.05) is 32.7 Å². The smallest absolute Gasteiger partial charge is 0.00802 e. The average molecular weight is 230 g/mol. The first kappa shape index (κ1) is 11.2. The Morgan fingerprint density at radius 1 is 1.18 bits per heavy atom. The SMILES string of the molecule is c1ccc(CCN2CCCC3(CNC3)C2)cc1. The molecule has 17 heavy (non-hydrogen) atoms. The van der Waals surface area contributed by atoms with E-state index in [0.717, 1.165) is 0 Å². The van der Waals surface area contributed by atoms with Gasteiger partial charge < -0.3 is 10.2 Å². The molecule has 92 valence electrons. The second-order valence-corrected chi connectivity index (χ2v) is 5.72. The van der Waals surface area contributed by atoms with Crippen molar-refractivity contribution in [3.63, 3.8) is 0 Å². The normalized spacial score (nSPS) is 23.5. The summed E-state index contributed by atoms with van der Waals surface area (Å²) in [5.74, 6) is 0. The molecule has 0 saturated carbocycles. The van der Waals surface area contributed by atoms with Gasteiger partial charge in [0, 0.05) is 31.6 Å². The van der Waals surface area contributed by atoms with Gasteiger partial charge in [-0.15, -0.1) is 0 Å². The Morgan fingerprint density at radius 2 is 2.00 bits per heavy atom. The van der Waals surface area contributed by atoms with E-state index in [0.29, 0.717) is 5.41 Å². The van der Waals surface area contributed by atoms with Gasteiger partial charge in [-0.3, -0.25) is 0 Å². The lowest BCUT2D eigenvalue weighted by atomic mass is 9.75. The standard InChI is InChI=1S/C15H22N2/c1-2-5-14(6-3-1)7-10-17-9-4-8-15(13-17)11-16-12-15/h1-3,5-6,16H,4,7-13H2. The molecule has 3 rings (SSSR count). The molecule has 1 aromatic carbocycles. The van der Waals surface area contributed by atoms with E-state index in [9.17, 15) is 0 Å². The van der Waals surface area contributed by atoms with Crippen LogP contribution in [0.5, 0.6) is 0 Å². The minimum Gasteiger partial charge on any atom is -0.315 e. The number of likely N-dealkylation sites (tertiary alicyclic amines) is 1. The molecule has 0 atom stereocenters. The predicted octanol–water partition coefficient (Wildman–Crippen LogP) is 1.91. The third-order valence-electron chi connectivity index (χ3n) is 4.30. The molecule has 2 aliphatic rings. The molecule has 2 nitrogen and oxygen atoms in total. The molecule has 1 spiro atoms. The molecular formula is C15H22N2. The van der Waals surface area contributed by atoms with E-state index in [1.807, 2.05) is 0 Å². The second kappa shape index (κ2) is 4.79.